The van der Waals surface area contributed by atoms with E-state index in [0.29, 0.717) is 6.67 Å². The fourth-order valence-corrected chi connectivity index (χ4v) is 1.69. The summed E-state index contributed by atoms with van der Waals surface area (Å²) in [7, 11) is 3.36. The van der Waals surface area contributed by atoms with E-state index in [-0.39, 0.29) is 0 Å². The van der Waals surface area contributed by atoms with Gasteiger partial charge in [0.05, 0.1) is 20.9 Å². The molecule has 1 aromatic carbocycles. The van der Waals surface area contributed by atoms with Crippen LogP contribution in [0.1, 0.15) is 11.1 Å². The van der Waals surface area contributed by atoms with Crippen molar-refractivity contribution in [2.45, 2.75) is 13.3 Å². The zero-order valence-electron chi connectivity index (χ0n) is 10.7. The number of ether oxygens (including phenoxy) is 2. The molecule has 0 aliphatic heterocycles. The van der Waals surface area contributed by atoms with Crippen LogP contribution in [0.5, 0.6) is 11.5 Å². The first kappa shape index (κ1) is 13.8. The second-order valence-corrected chi connectivity index (χ2v) is 3.76. The number of aryl methyl sites for hydroxylation is 1. The lowest BCUT2D eigenvalue weighted by atomic mass is 10.1. The standard InChI is InChI=1S/C12H21N3O2/c1-9-6-12(17-3)10(7-11(9)16-2)4-5-14-8-15-13/h6-7,14-15H,4-5,8,13H2,1-3H3. The second kappa shape index (κ2) is 7.11. The van der Waals surface area contributed by atoms with Gasteiger partial charge in [-0.05, 0) is 36.6 Å². The van der Waals surface area contributed by atoms with Crippen LogP contribution in [0.15, 0.2) is 12.1 Å². The number of hydrogen-bond acceptors (Lipinski definition) is 5. The van der Waals surface area contributed by atoms with E-state index in [1.165, 1.54) is 0 Å². The average molecular weight is 239 g/mol. The van der Waals surface area contributed by atoms with Crippen LogP contribution < -0.4 is 26.1 Å². The molecule has 17 heavy (non-hydrogen) atoms. The predicted molar refractivity (Wildman–Crippen MR) is 68.2 cm³/mol. The van der Waals surface area contributed by atoms with E-state index in [2.05, 4.69) is 10.7 Å². The summed E-state index contributed by atoms with van der Waals surface area (Å²) in [5.41, 5.74) is 4.75. The van der Waals surface area contributed by atoms with Crippen molar-refractivity contribution < 1.29 is 9.47 Å². The van der Waals surface area contributed by atoms with E-state index in [4.69, 9.17) is 15.3 Å². The van der Waals surface area contributed by atoms with Gasteiger partial charge >= 0.3 is 0 Å². The molecule has 4 N–H and O–H groups in total. The summed E-state index contributed by atoms with van der Waals surface area (Å²) in [5.74, 6) is 6.95. The minimum absolute atomic E-state index is 0.589. The van der Waals surface area contributed by atoms with Crippen molar-refractivity contribution in [1.29, 1.82) is 0 Å². The van der Waals surface area contributed by atoms with Crippen LogP contribution in [0.4, 0.5) is 0 Å². The van der Waals surface area contributed by atoms with Crippen LogP contribution in [-0.4, -0.2) is 27.4 Å². The molecule has 0 saturated carbocycles. The van der Waals surface area contributed by atoms with Gasteiger partial charge < -0.3 is 14.8 Å². The number of benzene rings is 1. The number of nitrogens with one attached hydrogen (secondary N) is 2. The Bertz CT molecular complexity index is 356. The lowest BCUT2D eigenvalue weighted by Gasteiger charge is -2.13. The van der Waals surface area contributed by atoms with Crippen molar-refractivity contribution in [3.63, 3.8) is 0 Å². The predicted octanol–water partition coefficient (Wildman–Crippen LogP) is 0.565. The summed E-state index contributed by atoms with van der Waals surface area (Å²) >= 11 is 0. The van der Waals surface area contributed by atoms with Crippen molar-refractivity contribution in [3.8, 4) is 11.5 Å². The molecule has 0 unspecified atom stereocenters. The molecule has 1 rings (SSSR count). The van der Waals surface area contributed by atoms with Gasteiger partial charge in [-0.1, -0.05) is 0 Å². The topological polar surface area (TPSA) is 68.5 Å². The van der Waals surface area contributed by atoms with Crippen LogP contribution in [-0.2, 0) is 6.42 Å². The molecule has 0 aliphatic carbocycles. The molecule has 0 aliphatic rings. The molecule has 5 heteroatoms. The van der Waals surface area contributed by atoms with Gasteiger partial charge in [0.15, 0.2) is 0 Å². The summed E-state index contributed by atoms with van der Waals surface area (Å²) < 4.78 is 10.7. The van der Waals surface area contributed by atoms with Crippen LogP contribution >= 0.6 is 0 Å². The molecule has 0 bridgehead atoms. The Morgan fingerprint density at radius 2 is 1.88 bits per heavy atom. The molecule has 0 atom stereocenters. The normalized spacial score (nSPS) is 10.4. The van der Waals surface area contributed by atoms with Gasteiger partial charge in [0.2, 0.25) is 0 Å². The first-order chi connectivity index (χ1) is 8.22. The van der Waals surface area contributed by atoms with Gasteiger partial charge in [0.25, 0.3) is 0 Å². The molecule has 96 valence electrons. The first-order valence-corrected chi connectivity index (χ1v) is 5.58. The number of methoxy groups -OCH3 is 2. The molecule has 0 fully saturated rings. The van der Waals surface area contributed by atoms with Gasteiger partial charge in [-0.15, -0.1) is 0 Å². The molecular formula is C12H21N3O2. The molecule has 0 radical (unpaired) electrons. The van der Waals surface area contributed by atoms with E-state index in [0.717, 1.165) is 35.6 Å². The molecule has 0 amide bonds. The number of rotatable bonds is 7. The monoisotopic (exact) mass is 239 g/mol. The Hall–Kier alpha value is -1.30. The fourth-order valence-electron chi connectivity index (χ4n) is 1.69. The molecule has 0 heterocycles. The number of nitrogens with two attached hydrogens (primary N) is 1. The Kier molecular flexibility index (Phi) is 5.76. The highest BCUT2D eigenvalue weighted by molar-refractivity contribution is 5.46. The van der Waals surface area contributed by atoms with Crippen molar-refractivity contribution >= 4 is 0 Å². The summed E-state index contributed by atoms with van der Waals surface area (Å²) in [6.07, 6.45) is 0.863. The molecular weight excluding hydrogens is 218 g/mol. The summed E-state index contributed by atoms with van der Waals surface area (Å²) in [5, 5.41) is 3.15. The Balaban J connectivity index is 2.74. The quantitative estimate of drug-likeness (QED) is 0.281. The van der Waals surface area contributed by atoms with Crippen LogP contribution in [0.25, 0.3) is 0 Å². The fraction of sp³-hybridized carbons (Fsp3) is 0.500. The molecule has 0 spiro atoms. The second-order valence-electron chi connectivity index (χ2n) is 3.76. The number of hydrazine groups is 1. The maximum atomic E-state index is 5.36. The van der Waals surface area contributed by atoms with Crippen molar-refractivity contribution in [3.05, 3.63) is 23.3 Å². The van der Waals surface area contributed by atoms with Crippen LogP contribution in [0.2, 0.25) is 0 Å². The van der Waals surface area contributed by atoms with Crippen molar-refractivity contribution in [2.24, 2.45) is 5.84 Å². The van der Waals surface area contributed by atoms with E-state index in [1.807, 2.05) is 19.1 Å². The zero-order chi connectivity index (χ0) is 12.7. The molecule has 1 aromatic rings. The molecule has 5 nitrogen and oxygen atoms in total. The van der Waals surface area contributed by atoms with Crippen LogP contribution in [0, 0.1) is 6.92 Å². The smallest absolute Gasteiger partial charge is 0.122 e. The largest absolute Gasteiger partial charge is 0.496 e. The minimum Gasteiger partial charge on any atom is -0.496 e. The van der Waals surface area contributed by atoms with E-state index >= 15 is 0 Å². The Morgan fingerprint density at radius 1 is 1.18 bits per heavy atom. The highest BCUT2D eigenvalue weighted by Crippen LogP contribution is 2.28. The molecule has 0 saturated heterocycles. The van der Waals surface area contributed by atoms with Gasteiger partial charge in [-0.3, -0.25) is 5.84 Å². The maximum absolute atomic E-state index is 5.36. The van der Waals surface area contributed by atoms with Gasteiger partial charge in [0.1, 0.15) is 11.5 Å². The lowest BCUT2D eigenvalue weighted by Crippen LogP contribution is -2.34. The Morgan fingerprint density at radius 3 is 2.47 bits per heavy atom. The summed E-state index contributed by atoms with van der Waals surface area (Å²) in [6.45, 7) is 3.42. The minimum atomic E-state index is 0.589. The molecule has 0 aromatic heterocycles. The van der Waals surface area contributed by atoms with Crippen molar-refractivity contribution in [2.75, 3.05) is 27.4 Å². The zero-order valence-corrected chi connectivity index (χ0v) is 10.7. The van der Waals surface area contributed by atoms with Crippen molar-refractivity contribution in [1.82, 2.24) is 10.7 Å². The summed E-state index contributed by atoms with van der Waals surface area (Å²) in [6, 6.07) is 4.01. The lowest BCUT2D eigenvalue weighted by molar-refractivity contribution is 0.396. The van der Waals surface area contributed by atoms with E-state index in [1.54, 1.807) is 14.2 Å². The van der Waals surface area contributed by atoms with E-state index < -0.39 is 0 Å². The number of hydrogen-bond donors (Lipinski definition) is 3. The highest BCUT2D eigenvalue weighted by atomic mass is 16.5. The van der Waals surface area contributed by atoms with E-state index in [9.17, 15) is 0 Å². The third kappa shape index (κ3) is 3.89. The van der Waals surface area contributed by atoms with Gasteiger partial charge in [-0.25, -0.2) is 5.43 Å². The average Bonchev–Trinajstić information content (AvgIpc) is 2.35. The third-order valence-corrected chi connectivity index (χ3v) is 2.60. The Labute approximate surface area is 102 Å². The first-order valence-electron chi connectivity index (χ1n) is 5.58. The maximum Gasteiger partial charge on any atom is 0.122 e. The van der Waals surface area contributed by atoms with Gasteiger partial charge in [0, 0.05) is 6.54 Å². The highest BCUT2D eigenvalue weighted by Gasteiger charge is 2.08. The van der Waals surface area contributed by atoms with Crippen LogP contribution in [0.3, 0.4) is 0 Å². The van der Waals surface area contributed by atoms with Gasteiger partial charge in [-0.2, -0.15) is 0 Å². The third-order valence-electron chi connectivity index (χ3n) is 2.60. The SMILES string of the molecule is COc1cc(CCNCNN)c(OC)cc1C. The summed E-state index contributed by atoms with van der Waals surface area (Å²) in [4.78, 5) is 0.